The molecular weight excluding hydrogens is 1040 g/mol. The first-order valence-corrected chi connectivity index (χ1v) is 29.5. The summed E-state index contributed by atoms with van der Waals surface area (Å²) >= 11 is 3.75. The molecule has 380 valence electrons. The average Bonchev–Trinajstić information content (AvgIpc) is 1.75. The number of benzene rings is 12. The van der Waals surface area contributed by atoms with Gasteiger partial charge < -0.3 is 9.13 Å². The summed E-state index contributed by atoms with van der Waals surface area (Å²) in [6, 6.07) is 92.1. The van der Waals surface area contributed by atoms with Crippen molar-refractivity contribution in [2.24, 2.45) is 0 Å². The molecule has 0 aliphatic carbocycles. The van der Waals surface area contributed by atoms with E-state index in [2.05, 4.69) is 273 Å². The maximum absolute atomic E-state index is 5.34. The third-order valence-electron chi connectivity index (χ3n) is 17.3. The molecule has 0 N–H and O–H groups in total. The Balaban J connectivity index is 0.000000122. The van der Waals surface area contributed by atoms with Crippen molar-refractivity contribution in [1.29, 1.82) is 0 Å². The molecule has 0 radical (unpaired) electrons. The lowest BCUT2D eigenvalue weighted by Gasteiger charge is -2.14. The topological polar surface area (TPSA) is 44.5 Å². The Labute approximate surface area is 474 Å². The Bertz CT molecular complexity index is 6130. The van der Waals surface area contributed by atoms with Crippen LogP contribution in [-0.2, 0) is 0 Å². The lowest BCUT2D eigenvalue weighted by Crippen LogP contribution is -1.98. The molecule has 20 rings (SSSR count). The Morgan fingerprint density at radius 1 is 0.244 bits per heavy atom. The number of hydrogen-bond acceptors (Lipinski definition) is 4. The second kappa shape index (κ2) is 16.6. The standard InChI is InChI=1S/2C37H21N3S/c1-2-10-22(11-3-1)39-29-15-7-4-13-27(29)33-31(39)21-20-25-24-18-19-26-23-12-5-9-17-32(23)41-36(26)34(24)37-38-28-14-6-8-16-30(28)40(37)35(25)33;1-2-10-22(11-3-1)39-30-15-7-4-12-23(30)26-19-20-27-25-18-21-28-24-13-5-9-17-32(24)41-36(28)33(25)37-38-29-14-6-8-16-31(29)40(37)35(27)34(26)39/h2*1-21H. The van der Waals surface area contributed by atoms with Crippen molar-refractivity contribution < 1.29 is 0 Å². The maximum atomic E-state index is 5.34. The molecule has 0 amide bonds. The molecule has 0 unspecified atom stereocenters. The Kier molecular flexibility index (Phi) is 9.00. The number of rotatable bonds is 2. The van der Waals surface area contributed by atoms with E-state index in [0.29, 0.717) is 0 Å². The Hall–Kier alpha value is -10.4. The number of para-hydroxylation sites is 8. The molecule has 8 heteroatoms. The zero-order valence-electron chi connectivity index (χ0n) is 43.7. The van der Waals surface area contributed by atoms with Gasteiger partial charge in [0.25, 0.3) is 0 Å². The predicted octanol–water partition coefficient (Wildman–Crippen LogP) is 20.5. The summed E-state index contributed by atoms with van der Waals surface area (Å²) in [5.41, 5.74) is 15.9. The average molecular weight is 1080 g/mol. The van der Waals surface area contributed by atoms with Crippen LogP contribution >= 0.6 is 22.7 Å². The van der Waals surface area contributed by atoms with E-state index >= 15 is 0 Å². The number of hydrogen-bond donors (Lipinski definition) is 0. The summed E-state index contributed by atoms with van der Waals surface area (Å²) in [6.45, 7) is 0. The third kappa shape index (κ3) is 5.90. The summed E-state index contributed by atoms with van der Waals surface area (Å²) in [7, 11) is 0. The monoisotopic (exact) mass is 1080 g/mol. The van der Waals surface area contributed by atoms with E-state index in [1.54, 1.807) is 0 Å². The van der Waals surface area contributed by atoms with E-state index in [9.17, 15) is 0 Å². The molecule has 0 bridgehead atoms. The zero-order chi connectivity index (χ0) is 53.3. The van der Waals surface area contributed by atoms with E-state index in [1.807, 2.05) is 22.7 Å². The van der Waals surface area contributed by atoms with Crippen LogP contribution in [0, 0.1) is 0 Å². The van der Waals surface area contributed by atoms with Gasteiger partial charge in [-0.05, 0) is 89.6 Å². The van der Waals surface area contributed by atoms with Crippen LogP contribution in [0.5, 0.6) is 0 Å². The number of aromatic nitrogens is 6. The number of pyridine rings is 2. The fourth-order valence-corrected chi connectivity index (χ4v) is 16.5. The number of nitrogens with zero attached hydrogens (tertiary/aromatic N) is 6. The number of imidazole rings is 2. The van der Waals surface area contributed by atoms with Crippen LogP contribution in [0.15, 0.2) is 255 Å². The van der Waals surface area contributed by atoms with Gasteiger partial charge in [-0.1, -0.05) is 176 Å². The van der Waals surface area contributed by atoms with Crippen LogP contribution < -0.4 is 0 Å². The number of fused-ring (bicyclic) bond motifs is 32. The first-order chi connectivity index (χ1) is 40.7. The SMILES string of the molecule is c1ccc(-n2c3ccccc3c3c2ccc2c4ccc5c6ccccc6sc5c4c4nc5ccccc5n4c23)cc1.c1ccc(-n2c3ccccc3c3ccc4c5ccc6c7ccccc7sc6c5c5nc6ccccc6n5c4c32)cc1. The molecular formula is C74H42N6S2. The van der Waals surface area contributed by atoms with Gasteiger partial charge in [0.05, 0.1) is 55.2 Å². The second-order valence-electron chi connectivity index (χ2n) is 21.5. The maximum Gasteiger partial charge on any atom is 0.147 e. The smallest absolute Gasteiger partial charge is 0.147 e. The molecule has 0 aliphatic rings. The van der Waals surface area contributed by atoms with Crippen molar-refractivity contribution in [2.75, 3.05) is 0 Å². The highest BCUT2D eigenvalue weighted by Crippen LogP contribution is 2.48. The van der Waals surface area contributed by atoms with Gasteiger partial charge >= 0.3 is 0 Å². The normalized spacial score (nSPS) is 12.4. The minimum Gasteiger partial charge on any atom is -0.309 e. The van der Waals surface area contributed by atoms with Gasteiger partial charge in [0.1, 0.15) is 11.3 Å². The molecule has 20 aromatic rings. The highest BCUT2D eigenvalue weighted by Gasteiger charge is 2.25. The molecule has 8 aromatic heterocycles. The van der Waals surface area contributed by atoms with Crippen LogP contribution in [0.1, 0.15) is 0 Å². The van der Waals surface area contributed by atoms with Gasteiger partial charge in [0.15, 0.2) is 0 Å². The van der Waals surface area contributed by atoms with E-state index in [0.717, 1.165) is 44.7 Å². The summed E-state index contributed by atoms with van der Waals surface area (Å²) in [5, 5.41) is 17.7. The third-order valence-corrected chi connectivity index (χ3v) is 19.7. The molecule has 82 heavy (non-hydrogen) atoms. The first-order valence-electron chi connectivity index (χ1n) is 27.8. The van der Waals surface area contributed by atoms with Crippen LogP contribution in [0.3, 0.4) is 0 Å². The van der Waals surface area contributed by atoms with E-state index in [-0.39, 0.29) is 0 Å². The molecule has 6 nitrogen and oxygen atoms in total. The van der Waals surface area contributed by atoms with E-state index in [1.165, 1.54) is 127 Å². The van der Waals surface area contributed by atoms with E-state index in [4.69, 9.17) is 9.97 Å². The van der Waals surface area contributed by atoms with Crippen molar-refractivity contribution in [3.63, 3.8) is 0 Å². The van der Waals surface area contributed by atoms with Gasteiger partial charge in [0.2, 0.25) is 0 Å². The lowest BCUT2D eigenvalue weighted by molar-refractivity contribution is 1.18. The highest BCUT2D eigenvalue weighted by molar-refractivity contribution is 7.27. The van der Waals surface area contributed by atoms with Gasteiger partial charge in [-0.2, -0.15) is 0 Å². The largest absolute Gasteiger partial charge is 0.309 e. The first kappa shape index (κ1) is 44.5. The van der Waals surface area contributed by atoms with Crippen molar-refractivity contribution in [3.8, 4) is 11.4 Å². The predicted molar refractivity (Wildman–Crippen MR) is 350 cm³/mol. The molecule has 0 saturated heterocycles. The van der Waals surface area contributed by atoms with Crippen LogP contribution in [0.2, 0.25) is 0 Å². The fraction of sp³-hybridized carbons (Fsp3) is 0. The van der Waals surface area contributed by atoms with Crippen molar-refractivity contribution >= 4 is 183 Å². The molecule has 12 aromatic carbocycles. The zero-order valence-corrected chi connectivity index (χ0v) is 45.4. The molecule has 0 aliphatic heterocycles. The van der Waals surface area contributed by atoms with Crippen molar-refractivity contribution in [2.45, 2.75) is 0 Å². The fourth-order valence-electron chi connectivity index (χ4n) is 14.0. The van der Waals surface area contributed by atoms with Crippen LogP contribution in [0.4, 0.5) is 0 Å². The molecule has 0 saturated carbocycles. The second-order valence-corrected chi connectivity index (χ2v) is 23.6. The van der Waals surface area contributed by atoms with Gasteiger partial charge in [-0.25, -0.2) is 9.97 Å². The Morgan fingerprint density at radius 2 is 0.646 bits per heavy atom. The quantitative estimate of drug-likeness (QED) is 0.162. The lowest BCUT2D eigenvalue weighted by atomic mass is 10.0. The minimum absolute atomic E-state index is 1.01. The van der Waals surface area contributed by atoms with Gasteiger partial charge in [-0.15, -0.1) is 22.7 Å². The molecule has 0 atom stereocenters. The van der Waals surface area contributed by atoms with Gasteiger partial charge in [0, 0.05) is 94.8 Å². The molecule has 0 spiro atoms. The van der Waals surface area contributed by atoms with Crippen LogP contribution in [-0.4, -0.2) is 27.9 Å². The van der Waals surface area contributed by atoms with Crippen molar-refractivity contribution in [1.82, 2.24) is 27.9 Å². The Morgan fingerprint density at radius 3 is 1.23 bits per heavy atom. The molecule has 0 fully saturated rings. The van der Waals surface area contributed by atoms with Gasteiger partial charge in [-0.3, -0.25) is 8.80 Å². The summed E-state index contributed by atoms with van der Waals surface area (Å²) in [5.74, 6) is 0. The minimum atomic E-state index is 1.01. The number of thiophene rings is 2. The summed E-state index contributed by atoms with van der Waals surface area (Å²) in [6.07, 6.45) is 0. The van der Waals surface area contributed by atoms with Crippen LogP contribution in [0.25, 0.3) is 172 Å². The van der Waals surface area contributed by atoms with E-state index < -0.39 is 0 Å². The summed E-state index contributed by atoms with van der Waals surface area (Å²) < 4.78 is 14.9. The van der Waals surface area contributed by atoms with Crippen molar-refractivity contribution in [3.05, 3.63) is 255 Å². The summed E-state index contributed by atoms with van der Waals surface area (Å²) in [4.78, 5) is 10.7. The molecule has 8 heterocycles. The highest BCUT2D eigenvalue weighted by atomic mass is 32.1.